The van der Waals surface area contributed by atoms with E-state index in [9.17, 15) is 5.11 Å². The zero-order valence-electron chi connectivity index (χ0n) is 11.3. The van der Waals surface area contributed by atoms with E-state index in [1.165, 1.54) is 24.8 Å². The van der Waals surface area contributed by atoms with Gasteiger partial charge in [0.15, 0.2) is 0 Å². The summed E-state index contributed by atoms with van der Waals surface area (Å²) in [5.74, 6) is 0.820. The summed E-state index contributed by atoms with van der Waals surface area (Å²) in [6.07, 6.45) is 4.87. The zero-order chi connectivity index (χ0) is 12.7. The largest absolute Gasteiger partial charge is 0.387 e. The minimum atomic E-state index is -0.332. The van der Waals surface area contributed by atoms with Gasteiger partial charge in [0.2, 0.25) is 0 Å². The Bertz CT molecular complexity index is 414. The van der Waals surface area contributed by atoms with Crippen molar-refractivity contribution in [1.82, 2.24) is 4.90 Å². The van der Waals surface area contributed by atoms with Gasteiger partial charge in [-0.25, -0.2) is 0 Å². The van der Waals surface area contributed by atoms with Crippen LogP contribution in [-0.4, -0.2) is 29.1 Å². The van der Waals surface area contributed by atoms with E-state index in [0.717, 1.165) is 23.9 Å². The molecule has 0 amide bonds. The Kier molecular flexibility index (Phi) is 3.16. The lowest BCUT2D eigenvalue weighted by Gasteiger charge is -2.29. The van der Waals surface area contributed by atoms with Crippen molar-refractivity contribution in [2.45, 2.75) is 50.8 Å². The summed E-state index contributed by atoms with van der Waals surface area (Å²) in [6, 6.07) is 9.35. The number of aliphatic hydroxyl groups excluding tert-OH is 1. The third-order valence-corrected chi connectivity index (χ3v) is 4.99. The van der Waals surface area contributed by atoms with Crippen LogP contribution in [0.3, 0.4) is 0 Å². The number of likely N-dealkylation sites (tertiary alicyclic amines) is 1. The molecule has 2 nitrogen and oxygen atoms in total. The number of likely N-dealkylation sites (N-methyl/N-ethyl adjacent to an activating group) is 1. The van der Waals surface area contributed by atoms with Crippen molar-refractivity contribution >= 4 is 0 Å². The minimum Gasteiger partial charge on any atom is -0.387 e. The molecule has 0 radical (unpaired) electrons. The molecule has 1 N–H and O–H groups in total. The van der Waals surface area contributed by atoms with E-state index in [1.54, 1.807) is 0 Å². The number of fused-ring (bicyclic) bond motifs is 1. The van der Waals surface area contributed by atoms with Gasteiger partial charge in [-0.3, -0.25) is 4.90 Å². The number of nitrogens with zero attached hydrogens (tertiary/aromatic N) is 1. The van der Waals surface area contributed by atoms with E-state index in [2.05, 4.69) is 43.1 Å². The normalized spacial score (nSPS) is 33.6. The van der Waals surface area contributed by atoms with Gasteiger partial charge in [0.1, 0.15) is 0 Å². The van der Waals surface area contributed by atoms with Gasteiger partial charge in [-0.05, 0) is 44.7 Å². The van der Waals surface area contributed by atoms with E-state index in [-0.39, 0.29) is 6.10 Å². The maximum atomic E-state index is 10.6. The van der Waals surface area contributed by atoms with Crippen molar-refractivity contribution in [1.29, 1.82) is 0 Å². The molecule has 1 aromatic rings. The first-order chi connectivity index (χ1) is 8.66. The first-order valence-corrected chi connectivity index (χ1v) is 7.13. The van der Waals surface area contributed by atoms with Gasteiger partial charge in [-0.2, -0.15) is 0 Å². The Morgan fingerprint density at radius 2 is 1.94 bits per heavy atom. The van der Waals surface area contributed by atoms with Crippen LogP contribution in [0, 0.1) is 12.8 Å². The van der Waals surface area contributed by atoms with E-state index < -0.39 is 0 Å². The number of rotatable bonds is 2. The van der Waals surface area contributed by atoms with Crippen molar-refractivity contribution in [2.75, 3.05) is 7.05 Å². The van der Waals surface area contributed by atoms with Crippen molar-refractivity contribution in [3.05, 3.63) is 35.4 Å². The van der Waals surface area contributed by atoms with Gasteiger partial charge in [0.25, 0.3) is 0 Å². The molecule has 2 aliphatic rings. The monoisotopic (exact) mass is 245 g/mol. The van der Waals surface area contributed by atoms with Crippen LogP contribution >= 0.6 is 0 Å². The van der Waals surface area contributed by atoms with Crippen LogP contribution in [0.15, 0.2) is 24.3 Å². The second-order valence-electron chi connectivity index (χ2n) is 6.08. The summed E-state index contributed by atoms with van der Waals surface area (Å²) < 4.78 is 0. The number of benzene rings is 1. The molecule has 1 aliphatic carbocycles. The molecule has 3 rings (SSSR count). The molecule has 4 atom stereocenters. The van der Waals surface area contributed by atoms with Crippen LogP contribution in [-0.2, 0) is 0 Å². The molecule has 2 heteroatoms. The molecule has 1 heterocycles. The molecule has 0 aromatic heterocycles. The first-order valence-electron chi connectivity index (χ1n) is 7.13. The Balaban J connectivity index is 1.77. The molecule has 0 bridgehead atoms. The Labute approximate surface area is 110 Å². The number of hydrogen-bond acceptors (Lipinski definition) is 2. The third-order valence-electron chi connectivity index (χ3n) is 4.99. The molecule has 1 aliphatic heterocycles. The maximum Gasteiger partial charge on any atom is 0.0945 e. The molecular formula is C16H23NO. The fourth-order valence-corrected chi connectivity index (χ4v) is 3.89. The fraction of sp³-hybridized carbons (Fsp3) is 0.625. The molecule has 2 fully saturated rings. The number of aliphatic hydroxyl groups is 1. The average molecular weight is 245 g/mol. The molecule has 1 saturated heterocycles. The highest BCUT2D eigenvalue weighted by molar-refractivity contribution is 5.24. The van der Waals surface area contributed by atoms with Gasteiger partial charge in [-0.15, -0.1) is 0 Å². The van der Waals surface area contributed by atoms with Gasteiger partial charge < -0.3 is 5.11 Å². The van der Waals surface area contributed by atoms with Crippen LogP contribution in [0.25, 0.3) is 0 Å². The van der Waals surface area contributed by atoms with E-state index in [4.69, 9.17) is 0 Å². The number of aryl methyl sites for hydroxylation is 1. The molecule has 1 saturated carbocycles. The third kappa shape index (κ3) is 1.98. The summed E-state index contributed by atoms with van der Waals surface area (Å²) in [5.41, 5.74) is 2.32. The first kappa shape index (κ1) is 12.2. The van der Waals surface area contributed by atoms with Crippen LogP contribution in [0.2, 0.25) is 0 Å². The topological polar surface area (TPSA) is 23.5 Å². The fourth-order valence-electron chi connectivity index (χ4n) is 3.89. The molecule has 98 valence electrons. The van der Waals surface area contributed by atoms with E-state index in [0.29, 0.717) is 6.04 Å². The highest BCUT2D eigenvalue weighted by atomic mass is 16.3. The van der Waals surface area contributed by atoms with Gasteiger partial charge >= 0.3 is 0 Å². The highest BCUT2D eigenvalue weighted by Gasteiger charge is 2.44. The van der Waals surface area contributed by atoms with Crippen molar-refractivity contribution in [3.8, 4) is 0 Å². The van der Waals surface area contributed by atoms with Crippen LogP contribution < -0.4 is 0 Å². The molecular weight excluding hydrogens is 222 g/mol. The standard InChI is InChI=1S/C16H23NO/c1-11-6-8-12(9-7-11)16(18)15-10-13-4-3-5-14(13)17(15)2/h6-9,13-16,18H,3-5,10H2,1-2H3/t13-,14-,15-,16+/m1/s1. The SMILES string of the molecule is Cc1ccc([C@H](O)[C@H]2C[C@H]3CCC[C@H]3N2C)cc1. The average Bonchev–Trinajstić information content (AvgIpc) is 2.93. The quantitative estimate of drug-likeness (QED) is 0.866. The van der Waals surface area contributed by atoms with Crippen molar-refractivity contribution in [3.63, 3.8) is 0 Å². The van der Waals surface area contributed by atoms with Crippen LogP contribution in [0.1, 0.15) is 42.9 Å². The molecule has 1 aromatic carbocycles. The predicted molar refractivity (Wildman–Crippen MR) is 73.4 cm³/mol. The molecule has 18 heavy (non-hydrogen) atoms. The Morgan fingerprint density at radius 3 is 2.61 bits per heavy atom. The van der Waals surface area contributed by atoms with Gasteiger partial charge in [0, 0.05) is 12.1 Å². The highest BCUT2D eigenvalue weighted by Crippen LogP contribution is 2.43. The molecule has 0 unspecified atom stereocenters. The minimum absolute atomic E-state index is 0.308. The van der Waals surface area contributed by atoms with E-state index in [1.807, 2.05) is 0 Å². The molecule has 0 spiro atoms. The van der Waals surface area contributed by atoms with Crippen molar-refractivity contribution < 1.29 is 5.11 Å². The predicted octanol–water partition coefficient (Wildman–Crippen LogP) is 2.90. The zero-order valence-corrected chi connectivity index (χ0v) is 11.3. The summed E-state index contributed by atoms with van der Waals surface area (Å²) in [6.45, 7) is 2.09. The summed E-state index contributed by atoms with van der Waals surface area (Å²) in [7, 11) is 2.19. The lowest BCUT2D eigenvalue weighted by molar-refractivity contribution is 0.0709. The van der Waals surface area contributed by atoms with Gasteiger partial charge in [0.05, 0.1) is 6.10 Å². The Morgan fingerprint density at radius 1 is 1.22 bits per heavy atom. The summed E-state index contributed by atoms with van der Waals surface area (Å²) >= 11 is 0. The smallest absolute Gasteiger partial charge is 0.0945 e. The number of hydrogen-bond donors (Lipinski definition) is 1. The van der Waals surface area contributed by atoms with Crippen molar-refractivity contribution in [2.24, 2.45) is 5.92 Å². The second kappa shape index (κ2) is 4.67. The lowest BCUT2D eigenvalue weighted by atomic mass is 9.95. The Hall–Kier alpha value is -0.860. The van der Waals surface area contributed by atoms with Gasteiger partial charge in [-0.1, -0.05) is 36.2 Å². The summed E-state index contributed by atoms with van der Waals surface area (Å²) in [5, 5.41) is 10.6. The maximum absolute atomic E-state index is 10.6. The van der Waals surface area contributed by atoms with Crippen LogP contribution in [0.5, 0.6) is 0 Å². The lowest BCUT2D eigenvalue weighted by Crippen LogP contribution is -2.36. The van der Waals surface area contributed by atoms with Crippen LogP contribution in [0.4, 0.5) is 0 Å². The summed E-state index contributed by atoms with van der Waals surface area (Å²) in [4.78, 5) is 2.43. The second-order valence-corrected chi connectivity index (χ2v) is 6.08. The van der Waals surface area contributed by atoms with E-state index >= 15 is 0 Å².